The molecule has 32 heavy (non-hydrogen) atoms. The summed E-state index contributed by atoms with van der Waals surface area (Å²) in [6.45, 7) is 3.34. The van der Waals surface area contributed by atoms with E-state index in [-0.39, 0.29) is 23.9 Å². The molecule has 0 aromatic heterocycles. The van der Waals surface area contributed by atoms with Gasteiger partial charge in [0.05, 0.1) is 25.0 Å². The highest BCUT2D eigenvalue weighted by molar-refractivity contribution is 6.04. The summed E-state index contributed by atoms with van der Waals surface area (Å²) in [5.74, 6) is 1.20. The Labute approximate surface area is 187 Å². The number of hydrogen-bond donors (Lipinski definition) is 0. The maximum absolute atomic E-state index is 9.37. The number of aliphatic imine (C=N–C) groups is 1. The first-order valence-electron chi connectivity index (χ1n) is 10.9. The van der Waals surface area contributed by atoms with E-state index in [1.54, 1.807) is 0 Å². The molecule has 4 atom stereocenters. The standard InChI is InChI=1S/C27H23N3O2/c1-17-6-7-18(13-28)10-22(17)19-8-9-26-23(11-19)25(30-16-29)12-27(32-26)24-15-31-14-20-4-2-3-5-21(20)24/h2-11,17,22,24,27H,12,14-15H2,1H3/b30-25+. The van der Waals surface area contributed by atoms with Crippen molar-refractivity contribution in [2.75, 3.05) is 6.61 Å². The number of allylic oxidation sites excluding steroid dienone is 4. The van der Waals surface area contributed by atoms with Crippen LogP contribution in [0.5, 0.6) is 5.75 Å². The van der Waals surface area contributed by atoms with Crippen LogP contribution in [-0.4, -0.2) is 18.4 Å². The van der Waals surface area contributed by atoms with Crippen molar-refractivity contribution < 1.29 is 9.47 Å². The highest BCUT2D eigenvalue weighted by Gasteiger charge is 2.35. The number of hydrogen-bond acceptors (Lipinski definition) is 5. The van der Waals surface area contributed by atoms with Gasteiger partial charge >= 0.3 is 0 Å². The molecule has 158 valence electrons. The quantitative estimate of drug-likeness (QED) is 0.628. The Kier molecular flexibility index (Phi) is 5.35. The number of nitriles is 2. The monoisotopic (exact) mass is 421 g/mol. The second-order valence-corrected chi connectivity index (χ2v) is 8.57. The van der Waals surface area contributed by atoms with Crippen LogP contribution in [0.3, 0.4) is 0 Å². The minimum Gasteiger partial charge on any atom is -0.489 e. The van der Waals surface area contributed by atoms with Crippen LogP contribution in [0.15, 0.2) is 71.3 Å². The molecule has 5 heteroatoms. The molecule has 0 saturated heterocycles. The van der Waals surface area contributed by atoms with E-state index in [1.807, 2.05) is 36.5 Å². The summed E-state index contributed by atoms with van der Waals surface area (Å²) in [4.78, 5) is 4.18. The third-order valence-corrected chi connectivity index (χ3v) is 6.65. The first-order valence-corrected chi connectivity index (χ1v) is 10.9. The van der Waals surface area contributed by atoms with Crippen molar-refractivity contribution in [3.63, 3.8) is 0 Å². The van der Waals surface area contributed by atoms with E-state index >= 15 is 0 Å². The average molecular weight is 422 g/mol. The van der Waals surface area contributed by atoms with Crippen LogP contribution in [0.25, 0.3) is 0 Å². The van der Waals surface area contributed by atoms with Gasteiger partial charge in [-0.05, 0) is 40.8 Å². The van der Waals surface area contributed by atoms with Crippen LogP contribution in [0.1, 0.15) is 47.4 Å². The topological polar surface area (TPSA) is 78.4 Å². The highest BCUT2D eigenvalue weighted by Crippen LogP contribution is 2.40. The molecule has 0 amide bonds. The third-order valence-electron chi connectivity index (χ3n) is 6.65. The van der Waals surface area contributed by atoms with Gasteiger partial charge in [0.15, 0.2) is 0 Å². The highest BCUT2D eigenvalue weighted by atomic mass is 16.5. The van der Waals surface area contributed by atoms with Gasteiger partial charge in [-0.1, -0.05) is 49.4 Å². The maximum Gasteiger partial charge on any atom is 0.205 e. The maximum atomic E-state index is 9.37. The molecule has 5 nitrogen and oxygen atoms in total. The second-order valence-electron chi connectivity index (χ2n) is 8.57. The molecule has 4 unspecified atom stereocenters. The van der Waals surface area contributed by atoms with E-state index in [0.29, 0.717) is 25.2 Å². The average Bonchev–Trinajstić information content (AvgIpc) is 2.84. The molecule has 3 aliphatic rings. The molecular weight excluding hydrogens is 398 g/mol. The van der Waals surface area contributed by atoms with E-state index in [4.69, 9.17) is 9.47 Å². The molecule has 0 radical (unpaired) electrons. The van der Waals surface area contributed by atoms with Gasteiger partial charge in [-0.3, -0.25) is 0 Å². The van der Waals surface area contributed by atoms with Crippen LogP contribution >= 0.6 is 0 Å². The predicted octanol–water partition coefficient (Wildman–Crippen LogP) is 5.16. The number of ether oxygens (including phenoxy) is 2. The van der Waals surface area contributed by atoms with E-state index in [9.17, 15) is 10.5 Å². The summed E-state index contributed by atoms with van der Waals surface area (Å²) >= 11 is 0. The fourth-order valence-electron chi connectivity index (χ4n) is 4.95. The van der Waals surface area contributed by atoms with Crippen molar-refractivity contribution in [1.29, 1.82) is 10.5 Å². The Morgan fingerprint density at radius 3 is 2.84 bits per heavy atom. The van der Waals surface area contributed by atoms with Crippen LogP contribution in [0, 0.1) is 28.7 Å². The minimum atomic E-state index is -0.150. The van der Waals surface area contributed by atoms with Crippen LogP contribution in [0.2, 0.25) is 0 Å². The van der Waals surface area contributed by atoms with Crippen LogP contribution < -0.4 is 4.74 Å². The Morgan fingerprint density at radius 1 is 1.12 bits per heavy atom. The zero-order chi connectivity index (χ0) is 22.1. The number of fused-ring (bicyclic) bond motifs is 2. The molecule has 2 aromatic rings. The van der Waals surface area contributed by atoms with Crippen LogP contribution in [0.4, 0.5) is 0 Å². The molecule has 5 rings (SSSR count). The number of benzene rings is 2. The largest absolute Gasteiger partial charge is 0.489 e. The first-order chi connectivity index (χ1) is 15.7. The molecule has 0 saturated carbocycles. The Hall–Kier alpha value is -3.67. The van der Waals surface area contributed by atoms with E-state index < -0.39 is 0 Å². The summed E-state index contributed by atoms with van der Waals surface area (Å²) in [5, 5.41) is 18.7. The Balaban J connectivity index is 1.50. The normalized spacial score (nSPS) is 27.3. The fraction of sp³-hybridized carbons (Fsp3) is 0.296. The Morgan fingerprint density at radius 2 is 2.00 bits per heavy atom. The zero-order valence-corrected chi connectivity index (χ0v) is 17.9. The van der Waals surface area contributed by atoms with Gasteiger partial charge in [0.2, 0.25) is 6.19 Å². The SMILES string of the molecule is CC1C=CC(C#N)=CC1c1ccc2c(c1)/C(=N/C#N)CC(C1COCc3ccccc31)O2. The summed E-state index contributed by atoms with van der Waals surface area (Å²) in [7, 11) is 0. The zero-order valence-electron chi connectivity index (χ0n) is 17.9. The fourth-order valence-corrected chi connectivity index (χ4v) is 4.95. The van der Waals surface area contributed by atoms with Crippen molar-refractivity contribution >= 4 is 5.71 Å². The smallest absolute Gasteiger partial charge is 0.205 e. The van der Waals surface area contributed by atoms with Crippen molar-refractivity contribution in [1.82, 2.24) is 0 Å². The molecule has 1 aliphatic carbocycles. The molecule has 0 spiro atoms. The predicted molar refractivity (Wildman–Crippen MR) is 121 cm³/mol. The second kappa shape index (κ2) is 8.46. The molecule has 0 N–H and O–H groups in total. The van der Waals surface area contributed by atoms with Gasteiger partial charge in [-0.25, -0.2) is 0 Å². The molecule has 0 fully saturated rings. The molecule has 2 heterocycles. The molecular formula is C27H23N3O2. The van der Waals surface area contributed by atoms with E-state index in [2.05, 4.69) is 48.3 Å². The minimum absolute atomic E-state index is 0.0845. The molecule has 2 aliphatic heterocycles. The lowest BCUT2D eigenvalue weighted by atomic mass is 9.80. The van der Waals surface area contributed by atoms with Gasteiger partial charge in [0.25, 0.3) is 0 Å². The third kappa shape index (κ3) is 3.62. The summed E-state index contributed by atoms with van der Waals surface area (Å²) in [5.41, 5.74) is 5.80. The van der Waals surface area contributed by atoms with Gasteiger partial charge in [-0.15, -0.1) is 0 Å². The summed E-state index contributed by atoms with van der Waals surface area (Å²) in [6, 6.07) is 16.7. The van der Waals surface area contributed by atoms with E-state index in [1.165, 1.54) is 11.1 Å². The van der Waals surface area contributed by atoms with Crippen molar-refractivity contribution in [3.8, 4) is 18.0 Å². The molecule has 2 aromatic carbocycles. The lowest BCUT2D eigenvalue weighted by molar-refractivity contribution is 0.0478. The van der Waals surface area contributed by atoms with Gasteiger partial charge < -0.3 is 9.47 Å². The Bertz CT molecular complexity index is 1230. The molecule has 0 bridgehead atoms. The van der Waals surface area contributed by atoms with Crippen molar-refractivity contribution in [2.45, 2.75) is 37.9 Å². The number of nitrogens with zero attached hydrogens (tertiary/aromatic N) is 3. The van der Waals surface area contributed by atoms with Crippen molar-refractivity contribution in [3.05, 3.63) is 88.5 Å². The first kappa shape index (κ1) is 20.2. The number of rotatable bonds is 2. The van der Waals surface area contributed by atoms with E-state index in [0.717, 1.165) is 22.6 Å². The van der Waals surface area contributed by atoms with Gasteiger partial charge in [0, 0.05) is 29.4 Å². The lowest BCUT2D eigenvalue weighted by Crippen LogP contribution is -2.37. The van der Waals surface area contributed by atoms with Crippen molar-refractivity contribution in [2.24, 2.45) is 10.9 Å². The lowest BCUT2D eigenvalue weighted by Gasteiger charge is -2.36. The van der Waals surface area contributed by atoms with Gasteiger partial charge in [0.1, 0.15) is 11.9 Å². The summed E-state index contributed by atoms with van der Waals surface area (Å²) in [6.07, 6.45) is 8.33. The summed E-state index contributed by atoms with van der Waals surface area (Å²) < 4.78 is 12.3. The van der Waals surface area contributed by atoms with Gasteiger partial charge in [-0.2, -0.15) is 15.5 Å². The van der Waals surface area contributed by atoms with Crippen LogP contribution in [-0.2, 0) is 11.3 Å².